The Balaban J connectivity index is 3.10. The summed E-state index contributed by atoms with van der Waals surface area (Å²) in [5.74, 6) is 0. The molecule has 1 rings (SSSR count). The molecular weight excluding hydrogens is 238 g/mol. The van der Waals surface area contributed by atoms with Gasteiger partial charge in [0.05, 0.1) is 28.2 Å². The fourth-order valence-electron chi connectivity index (χ4n) is 1.28. The van der Waals surface area contributed by atoms with E-state index in [9.17, 15) is 8.42 Å². The molecule has 1 aromatic heterocycles. The SMILES string of the molecule is CC(C(N)c1c(Cl)cnn1C)S(C)(=O)=O. The summed E-state index contributed by atoms with van der Waals surface area (Å²) in [4.78, 5) is 0. The first-order valence-corrected chi connectivity index (χ1v) is 6.70. The van der Waals surface area contributed by atoms with Crippen molar-refractivity contribution in [3.63, 3.8) is 0 Å². The van der Waals surface area contributed by atoms with Gasteiger partial charge in [-0.3, -0.25) is 4.68 Å². The van der Waals surface area contributed by atoms with E-state index in [1.807, 2.05) is 0 Å². The van der Waals surface area contributed by atoms with E-state index >= 15 is 0 Å². The normalized spacial score (nSPS) is 16.3. The number of hydrogen-bond donors (Lipinski definition) is 1. The van der Waals surface area contributed by atoms with Crippen molar-refractivity contribution in [3.05, 3.63) is 16.9 Å². The Bertz CT molecular complexity index is 435. The lowest BCUT2D eigenvalue weighted by Crippen LogP contribution is -2.32. The predicted molar refractivity (Wildman–Crippen MR) is 59.5 cm³/mol. The Labute approximate surface area is 94.1 Å². The Morgan fingerprint density at radius 1 is 1.60 bits per heavy atom. The van der Waals surface area contributed by atoms with Crippen LogP contribution in [0.1, 0.15) is 18.7 Å². The predicted octanol–water partition coefficient (Wildman–Crippen LogP) is 0.506. The van der Waals surface area contributed by atoms with Crippen LogP contribution in [0.25, 0.3) is 0 Å². The van der Waals surface area contributed by atoms with Crippen molar-refractivity contribution in [1.29, 1.82) is 0 Å². The smallest absolute Gasteiger partial charge is 0.151 e. The summed E-state index contributed by atoms with van der Waals surface area (Å²) < 4.78 is 24.2. The van der Waals surface area contributed by atoms with Gasteiger partial charge in [0.25, 0.3) is 0 Å². The second-order valence-electron chi connectivity index (χ2n) is 3.56. The molecule has 0 spiro atoms. The lowest BCUT2D eigenvalue weighted by atomic mass is 10.1. The maximum absolute atomic E-state index is 11.3. The minimum absolute atomic E-state index is 0.389. The molecule has 1 aromatic rings. The molecule has 15 heavy (non-hydrogen) atoms. The molecule has 0 amide bonds. The van der Waals surface area contributed by atoms with Gasteiger partial charge in [0.2, 0.25) is 0 Å². The zero-order valence-electron chi connectivity index (χ0n) is 8.81. The van der Waals surface area contributed by atoms with Crippen LogP contribution >= 0.6 is 11.6 Å². The highest BCUT2D eigenvalue weighted by Gasteiger charge is 2.27. The van der Waals surface area contributed by atoms with Crippen molar-refractivity contribution < 1.29 is 8.42 Å². The number of nitrogens with two attached hydrogens (primary N) is 1. The van der Waals surface area contributed by atoms with Crippen molar-refractivity contribution >= 4 is 21.4 Å². The third-order valence-corrected chi connectivity index (χ3v) is 4.37. The van der Waals surface area contributed by atoms with Gasteiger partial charge < -0.3 is 5.73 Å². The molecule has 1 heterocycles. The average molecular weight is 252 g/mol. The molecule has 86 valence electrons. The lowest BCUT2D eigenvalue weighted by molar-refractivity contribution is 0.554. The molecule has 2 N–H and O–H groups in total. The molecule has 0 fully saturated rings. The largest absolute Gasteiger partial charge is 0.322 e. The molecule has 2 atom stereocenters. The van der Waals surface area contributed by atoms with Gasteiger partial charge in [0.15, 0.2) is 9.84 Å². The second kappa shape index (κ2) is 4.11. The van der Waals surface area contributed by atoms with E-state index in [2.05, 4.69) is 5.10 Å². The van der Waals surface area contributed by atoms with Gasteiger partial charge in [-0.1, -0.05) is 11.6 Å². The number of sulfone groups is 1. The van der Waals surface area contributed by atoms with Crippen LogP contribution in [0.3, 0.4) is 0 Å². The molecule has 5 nitrogen and oxygen atoms in total. The zero-order valence-corrected chi connectivity index (χ0v) is 10.4. The van der Waals surface area contributed by atoms with Gasteiger partial charge in [-0.25, -0.2) is 8.42 Å². The van der Waals surface area contributed by atoms with Crippen LogP contribution < -0.4 is 5.73 Å². The third kappa shape index (κ3) is 2.50. The van der Waals surface area contributed by atoms with Crippen LogP contribution in [0.15, 0.2) is 6.20 Å². The number of aryl methyl sites for hydroxylation is 1. The number of halogens is 1. The van der Waals surface area contributed by atoms with Crippen LogP contribution in [-0.2, 0) is 16.9 Å². The van der Waals surface area contributed by atoms with E-state index < -0.39 is 21.1 Å². The van der Waals surface area contributed by atoms with Crippen molar-refractivity contribution in [2.45, 2.75) is 18.2 Å². The van der Waals surface area contributed by atoms with Crippen LogP contribution in [-0.4, -0.2) is 29.7 Å². The first kappa shape index (κ1) is 12.5. The summed E-state index contributed by atoms with van der Waals surface area (Å²) in [6.45, 7) is 1.56. The monoisotopic (exact) mass is 251 g/mol. The van der Waals surface area contributed by atoms with Crippen molar-refractivity contribution in [3.8, 4) is 0 Å². The van der Waals surface area contributed by atoms with E-state index in [4.69, 9.17) is 17.3 Å². The number of rotatable bonds is 3. The number of nitrogens with zero attached hydrogens (tertiary/aromatic N) is 2. The third-order valence-electron chi connectivity index (χ3n) is 2.43. The molecule has 0 aliphatic heterocycles. The molecule has 0 bridgehead atoms. The Morgan fingerprint density at radius 2 is 2.13 bits per heavy atom. The summed E-state index contributed by atoms with van der Waals surface area (Å²) in [7, 11) is -1.51. The molecule has 2 unspecified atom stereocenters. The average Bonchev–Trinajstić information content (AvgIpc) is 2.42. The first-order valence-electron chi connectivity index (χ1n) is 4.37. The molecule has 0 aliphatic carbocycles. The van der Waals surface area contributed by atoms with Crippen molar-refractivity contribution in [1.82, 2.24) is 9.78 Å². The van der Waals surface area contributed by atoms with Crippen LogP contribution in [0.4, 0.5) is 0 Å². The minimum Gasteiger partial charge on any atom is -0.322 e. The zero-order chi connectivity index (χ0) is 11.8. The first-order chi connectivity index (χ1) is 6.75. The molecule has 0 radical (unpaired) electrons. The highest BCUT2D eigenvalue weighted by atomic mass is 35.5. The lowest BCUT2D eigenvalue weighted by Gasteiger charge is -2.18. The molecule has 7 heteroatoms. The Kier molecular flexibility index (Phi) is 3.42. The van der Waals surface area contributed by atoms with Crippen molar-refractivity contribution in [2.75, 3.05) is 6.26 Å². The van der Waals surface area contributed by atoms with E-state index in [1.54, 1.807) is 14.0 Å². The Hall–Kier alpha value is -0.590. The minimum atomic E-state index is -3.19. The number of hydrogen-bond acceptors (Lipinski definition) is 4. The summed E-state index contributed by atoms with van der Waals surface area (Å²) in [6, 6.07) is -0.667. The summed E-state index contributed by atoms with van der Waals surface area (Å²) in [5.41, 5.74) is 6.38. The van der Waals surface area contributed by atoms with Gasteiger partial charge in [0, 0.05) is 13.3 Å². The maximum atomic E-state index is 11.3. The van der Waals surface area contributed by atoms with Gasteiger partial charge in [-0.2, -0.15) is 5.10 Å². The summed E-state index contributed by atoms with van der Waals surface area (Å²) >= 11 is 5.88. The highest BCUT2D eigenvalue weighted by molar-refractivity contribution is 7.91. The molecule has 0 saturated carbocycles. The molecule has 0 aromatic carbocycles. The van der Waals surface area contributed by atoms with Crippen LogP contribution in [0.2, 0.25) is 5.02 Å². The molecule has 0 aliphatic rings. The maximum Gasteiger partial charge on any atom is 0.151 e. The molecular formula is C8H14ClN3O2S. The van der Waals surface area contributed by atoms with Gasteiger partial charge in [-0.15, -0.1) is 0 Å². The summed E-state index contributed by atoms with van der Waals surface area (Å²) in [5, 5.41) is 3.61. The molecule has 0 saturated heterocycles. The van der Waals surface area contributed by atoms with Crippen molar-refractivity contribution in [2.24, 2.45) is 12.8 Å². The topological polar surface area (TPSA) is 78.0 Å². The van der Waals surface area contributed by atoms with E-state index in [1.165, 1.54) is 10.9 Å². The fraction of sp³-hybridized carbons (Fsp3) is 0.625. The van der Waals surface area contributed by atoms with E-state index in [0.717, 1.165) is 6.26 Å². The Morgan fingerprint density at radius 3 is 2.47 bits per heavy atom. The summed E-state index contributed by atoms with van der Waals surface area (Å²) in [6.07, 6.45) is 2.60. The number of aromatic nitrogens is 2. The van der Waals surface area contributed by atoms with Crippen LogP contribution in [0, 0.1) is 0 Å². The van der Waals surface area contributed by atoms with E-state index in [-0.39, 0.29) is 0 Å². The fourth-order valence-corrected chi connectivity index (χ4v) is 2.24. The van der Waals surface area contributed by atoms with Gasteiger partial charge in [-0.05, 0) is 6.92 Å². The standard InChI is InChI=1S/C8H14ClN3O2S/c1-5(15(3,13)14)7(10)8-6(9)4-11-12(8)2/h4-5,7H,10H2,1-3H3. The van der Waals surface area contributed by atoms with Gasteiger partial charge >= 0.3 is 0 Å². The highest BCUT2D eigenvalue weighted by Crippen LogP contribution is 2.25. The van der Waals surface area contributed by atoms with E-state index in [0.29, 0.717) is 10.7 Å². The quantitative estimate of drug-likeness (QED) is 0.849. The van der Waals surface area contributed by atoms with Crippen LogP contribution in [0.5, 0.6) is 0 Å². The second-order valence-corrected chi connectivity index (χ2v) is 6.37. The van der Waals surface area contributed by atoms with Gasteiger partial charge in [0.1, 0.15) is 0 Å².